The van der Waals surface area contributed by atoms with E-state index in [1.54, 1.807) is 0 Å². The maximum atomic E-state index is 5.45. The fraction of sp³-hybridized carbons (Fsp3) is 1.00. The van der Waals surface area contributed by atoms with E-state index in [1.165, 1.54) is 57.8 Å². The minimum atomic E-state index is 0.515. The lowest BCUT2D eigenvalue weighted by Crippen LogP contribution is -2.36. The summed E-state index contributed by atoms with van der Waals surface area (Å²) in [6.45, 7) is 2.35. The Morgan fingerprint density at radius 2 is 1.82 bits per heavy atom. The maximum absolute atomic E-state index is 5.45. The van der Waals surface area contributed by atoms with Crippen molar-refractivity contribution in [2.45, 2.75) is 82.9 Å². The Morgan fingerprint density at radius 3 is 2.53 bits per heavy atom. The van der Waals surface area contributed by atoms with Crippen molar-refractivity contribution in [1.29, 1.82) is 0 Å². The van der Waals surface area contributed by atoms with Crippen LogP contribution in [0.5, 0.6) is 0 Å². The lowest BCUT2D eigenvalue weighted by molar-refractivity contribution is 0.106. The summed E-state index contributed by atoms with van der Waals surface area (Å²) in [7, 11) is 1.85. The van der Waals surface area contributed by atoms with Crippen molar-refractivity contribution in [2.75, 3.05) is 7.11 Å². The third kappa shape index (κ3) is 3.96. The van der Waals surface area contributed by atoms with Crippen LogP contribution in [0, 0.1) is 5.92 Å². The van der Waals surface area contributed by atoms with Gasteiger partial charge in [-0.15, -0.1) is 0 Å². The molecule has 17 heavy (non-hydrogen) atoms. The second kappa shape index (κ2) is 6.75. The highest BCUT2D eigenvalue weighted by Crippen LogP contribution is 2.28. The molecule has 0 heterocycles. The minimum absolute atomic E-state index is 0.515. The van der Waals surface area contributed by atoms with Crippen LogP contribution in [0.3, 0.4) is 0 Å². The Labute approximate surface area is 107 Å². The molecule has 0 aromatic heterocycles. The summed E-state index contributed by atoms with van der Waals surface area (Å²) in [5, 5.41) is 3.89. The van der Waals surface area contributed by atoms with Crippen LogP contribution in [0.1, 0.15) is 64.7 Å². The van der Waals surface area contributed by atoms with Crippen molar-refractivity contribution in [1.82, 2.24) is 5.32 Å². The van der Waals surface area contributed by atoms with Gasteiger partial charge in [0.2, 0.25) is 0 Å². The number of nitrogens with one attached hydrogen (secondary N) is 1. The van der Waals surface area contributed by atoms with Gasteiger partial charge >= 0.3 is 0 Å². The van der Waals surface area contributed by atoms with E-state index in [2.05, 4.69) is 12.2 Å². The van der Waals surface area contributed by atoms with Crippen LogP contribution in [0.4, 0.5) is 0 Å². The van der Waals surface area contributed by atoms with Gasteiger partial charge in [0.1, 0.15) is 0 Å². The van der Waals surface area contributed by atoms with E-state index in [0.717, 1.165) is 18.0 Å². The molecule has 4 unspecified atom stereocenters. The van der Waals surface area contributed by atoms with Gasteiger partial charge in [0.15, 0.2) is 0 Å². The van der Waals surface area contributed by atoms with Crippen molar-refractivity contribution in [2.24, 2.45) is 5.92 Å². The largest absolute Gasteiger partial charge is 0.381 e. The second-order valence-electron chi connectivity index (χ2n) is 6.01. The third-order valence-electron chi connectivity index (χ3n) is 4.85. The molecule has 2 aliphatic carbocycles. The van der Waals surface area contributed by atoms with Gasteiger partial charge in [0.05, 0.1) is 6.10 Å². The standard InChI is InChI=1S/C15H29NO/c1-3-12-5-4-6-13(8-7-12)16-14-9-10-15(11-14)17-2/h12-16H,3-11H2,1-2H3. The summed E-state index contributed by atoms with van der Waals surface area (Å²) >= 11 is 0. The number of ether oxygens (including phenoxy) is 1. The first-order valence-electron chi connectivity index (χ1n) is 7.60. The van der Waals surface area contributed by atoms with Gasteiger partial charge in [0, 0.05) is 19.2 Å². The molecule has 4 atom stereocenters. The van der Waals surface area contributed by atoms with Crippen LogP contribution in [-0.4, -0.2) is 25.3 Å². The Hall–Kier alpha value is -0.0800. The Morgan fingerprint density at radius 1 is 1.00 bits per heavy atom. The number of hydrogen-bond acceptors (Lipinski definition) is 2. The molecule has 2 nitrogen and oxygen atoms in total. The van der Waals surface area contributed by atoms with Crippen LogP contribution >= 0.6 is 0 Å². The highest BCUT2D eigenvalue weighted by molar-refractivity contribution is 4.85. The predicted octanol–water partition coefficient (Wildman–Crippen LogP) is 3.50. The quantitative estimate of drug-likeness (QED) is 0.758. The van der Waals surface area contributed by atoms with Crippen molar-refractivity contribution in [3.8, 4) is 0 Å². The maximum Gasteiger partial charge on any atom is 0.0586 e. The molecule has 2 saturated carbocycles. The monoisotopic (exact) mass is 239 g/mol. The second-order valence-corrected chi connectivity index (χ2v) is 6.01. The van der Waals surface area contributed by atoms with Crippen molar-refractivity contribution < 1.29 is 4.74 Å². The Kier molecular flexibility index (Phi) is 5.30. The summed E-state index contributed by atoms with van der Waals surface area (Å²) in [4.78, 5) is 0. The highest BCUT2D eigenvalue weighted by atomic mass is 16.5. The fourth-order valence-electron chi connectivity index (χ4n) is 3.59. The summed E-state index contributed by atoms with van der Waals surface area (Å²) in [5.74, 6) is 0.997. The van der Waals surface area contributed by atoms with E-state index < -0.39 is 0 Å². The summed E-state index contributed by atoms with van der Waals surface area (Å²) < 4.78 is 5.45. The zero-order chi connectivity index (χ0) is 12.1. The molecule has 2 fully saturated rings. The van der Waals surface area contributed by atoms with Gasteiger partial charge in [-0.05, 0) is 44.4 Å². The fourth-order valence-corrected chi connectivity index (χ4v) is 3.59. The molecule has 0 aromatic carbocycles. The van der Waals surface area contributed by atoms with Crippen molar-refractivity contribution in [3.05, 3.63) is 0 Å². The first-order valence-corrected chi connectivity index (χ1v) is 7.60. The molecule has 2 rings (SSSR count). The number of hydrogen-bond donors (Lipinski definition) is 1. The molecule has 2 aliphatic rings. The van der Waals surface area contributed by atoms with Crippen molar-refractivity contribution >= 4 is 0 Å². The first kappa shape index (κ1) is 13.4. The summed E-state index contributed by atoms with van der Waals surface area (Å²) in [6, 6.07) is 1.51. The molecular formula is C15H29NO. The Bertz CT molecular complexity index is 219. The molecule has 0 aromatic rings. The molecule has 0 spiro atoms. The smallest absolute Gasteiger partial charge is 0.0586 e. The zero-order valence-corrected chi connectivity index (χ0v) is 11.6. The van der Waals surface area contributed by atoms with Crippen LogP contribution in [0.15, 0.2) is 0 Å². The molecule has 0 saturated heterocycles. The van der Waals surface area contributed by atoms with Crippen LogP contribution in [-0.2, 0) is 4.74 Å². The molecule has 0 amide bonds. The normalized spacial score (nSPS) is 39.2. The highest BCUT2D eigenvalue weighted by Gasteiger charge is 2.27. The molecule has 0 bridgehead atoms. The molecular weight excluding hydrogens is 210 g/mol. The molecule has 2 heteroatoms. The van der Waals surface area contributed by atoms with Gasteiger partial charge in [-0.3, -0.25) is 0 Å². The molecule has 0 radical (unpaired) electrons. The first-order chi connectivity index (χ1) is 8.31. The third-order valence-corrected chi connectivity index (χ3v) is 4.85. The van der Waals surface area contributed by atoms with Gasteiger partial charge in [-0.1, -0.05) is 26.2 Å². The van der Waals surface area contributed by atoms with Crippen molar-refractivity contribution in [3.63, 3.8) is 0 Å². The van der Waals surface area contributed by atoms with E-state index in [1.807, 2.05) is 7.11 Å². The molecule has 0 aliphatic heterocycles. The van der Waals surface area contributed by atoms with Gasteiger partial charge in [-0.25, -0.2) is 0 Å². The summed E-state index contributed by atoms with van der Waals surface area (Å²) in [5.41, 5.74) is 0. The van der Waals surface area contributed by atoms with Crippen LogP contribution in [0.25, 0.3) is 0 Å². The molecule has 100 valence electrons. The number of rotatable bonds is 4. The van der Waals surface area contributed by atoms with E-state index in [-0.39, 0.29) is 0 Å². The zero-order valence-electron chi connectivity index (χ0n) is 11.6. The van der Waals surface area contributed by atoms with E-state index in [4.69, 9.17) is 4.74 Å². The van der Waals surface area contributed by atoms with Crippen LogP contribution in [0.2, 0.25) is 0 Å². The lowest BCUT2D eigenvalue weighted by Gasteiger charge is -2.21. The average molecular weight is 239 g/mol. The number of methoxy groups -OCH3 is 1. The molecule has 1 N–H and O–H groups in total. The average Bonchev–Trinajstić information content (AvgIpc) is 2.68. The van der Waals surface area contributed by atoms with Gasteiger partial charge in [0.25, 0.3) is 0 Å². The van der Waals surface area contributed by atoms with Crippen LogP contribution < -0.4 is 5.32 Å². The van der Waals surface area contributed by atoms with E-state index >= 15 is 0 Å². The van der Waals surface area contributed by atoms with Gasteiger partial charge < -0.3 is 10.1 Å². The SMILES string of the molecule is CCC1CCCC(NC2CCC(OC)C2)CC1. The summed E-state index contributed by atoms with van der Waals surface area (Å²) in [6.07, 6.45) is 12.8. The topological polar surface area (TPSA) is 21.3 Å². The minimum Gasteiger partial charge on any atom is -0.381 e. The predicted molar refractivity (Wildman–Crippen MR) is 72.2 cm³/mol. The lowest BCUT2D eigenvalue weighted by atomic mass is 9.97. The van der Waals surface area contributed by atoms with E-state index in [9.17, 15) is 0 Å². The van der Waals surface area contributed by atoms with E-state index in [0.29, 0.717) is 6.10 Å². The van der Waals surface area contributed by atoms with Gasteiger partial charge in [-0.2, -0.15) is 0 Å². The Balaban J connectivity index is 1.72.